The van der Waals surface area contributed by atoms with E-state index < -0.39 is 0 Å². The first-order chi connectivity index (χ1) is 6.13. The van der Waals surface area contributed by atoms with Gasteiger partial charge in [-0.15, -0.1) is 11.8 Å². The predicted octanol–water partition coefficient (Wildman–Crippen LogP) is 3.04. The van der Waals surface area contributed by atoms with Crippen molar-refractivity contribution in [1.82, 2.24) is 0 Å². The second-order valence-electron chi connectivity index (χ2n) is 2.57. The highest BCUT2D eigenvalue weighted by molar-refractivity contribution is 9.10. The number of hydrogen-bond acceptors (Lipinski definition) is 3. The number of rotatable bonds is 2. The molecule has 68 valence electrons. The minimum absolute atomic E-state index is 0.0662. The summed E-state index contributed by atoms with van der Waals surface area (Å²) in [5, 5.41) is 8.55. The molecule has 0 aliphatic heterocycles. The first kappa shape index (κ1) is 10.4. The zero-order valence-corrected chi connectivity index (χ0v) is 9.52. The lowest BCUT2D eigenvalue weighted by molar-refractivity contribution is 1.23. The van der Waals surface area contributed by atoms with Crippen molar-refractivity contribution in [3.63, 3.8) is 0 Å². The van der Waals surface area contributed by atoms with Gasteiger partial charge in [0.05, 0.1) is 11.3 Å². The first-order valence-corrected chi connectivity index (χ1v) is 5.42. The van der Waals surface area contributed by atoms with Crippen LogP contribution in [0.1, 0.15) is 6.92 Å². The van der Waals surface area contributed by atoms with Crippen molar-refractivity contribution in [2.24, 2.45) is 0 Å². The van der Waals surface area contributed by atoms with E-state index in [0.717, 1.165) is 9.37 Å². The quantitative estimate of drug-likeness (QED) is 0.654. The number of nitrogens with two attached hydrogens (primary N) is 1. The molecule has 2 nitrogen and oxygen atoms in total. The molecule has 0 amide bonds. The van der Waals surface area contributed by atoms with Crippen LogP contribution in [0.4, 0.5) is 5.69 Å². The summed E-state index contributed by atoms with van der Waals surface area (Å²) in [5.41, 5.74) is 6.47. The fourth-order valence-corrected chi connectivity index (χ4v) is 2.00. The van der Waals surface area contributed by atoms with Gasteiger partial charge in [0.1, 0.15) is 0 Å². The number of nitrogen functional groups attached to an aromatic ring is 1. The number of halogens is 1. The van der Waals surface area contributed by atoms with E-state index in [1.54, 1.807) is 0 Å². The maximum Gasteiger partial charge on any atom is 0.0936 e. The van der Waals surface area contributed by atoms with Crippen LogP contribution in [-0.4, -0.2) is 5.25 Å². The third kappa shape index (κ3) is 2.94. The smallest absolute Gasteiger partial charge is 0.0936 e. The molecular formula is C9H9BrN2S. The normalized spacial score (nSPS) is 12.1. The molecule has 0 fully saturated rings. The lowest BCUT2D eigenvalue weighted by atomic mass is 10.3. The lowest BCUT2D eigenvalue weighted by Crippen LogP contribution is -1.93. The van der Waals surface area contributed by atoms with Gasteiger partial charge in [-0.25, -0.2) is 0 Å². The third-order valence-corrected chi connectivity index (χ3v) is 3.04. The molecule has 1 unspecified atom stereocenters. The Morgan fingerprint density at radius 3 is 2.85 bits per heavy atom. The van der Waals surface area contributed by atoms with Gasteiger partial charge in [-0.1, -0.05) is 15.9 Å². The minimum atomic E-state index is -0.0662. The summed E-state index contributed by atoms with van der Waals surface area (Å²) in [6, 6.07) is 7.82. The summed E-state index contributed by atoms with van der Waals surface area (Å²) in [7, 11) is 0. The van der Waals surface area contributed by atoms with E-state index in [-0.39, 0.29) is 5.25 Å². The molecule has 4 heteroatoms. The zero-order valence-electron chi connectivity index (χ0n) is 7.12. The van der Waals surface area contributed by atoms with Crippen molar-refractivity contribution < 1.29 is 0 Å². The number of anilines is 1. The molecule has 0 spiro atoms. The van der Waals surface area contributed by atoms with E-state index in [1.807, 2.05) is 25.1 Å². The summed E-state index contributed by atoms with van der Waals surface area (Å²) in [6.07, 6.45) is 0. The van der Waals surface area contributed by atoms with Crippen LogP contribution in [0.15, 0.2) is 27.6 Å². The number of benzene rings is 1. The van der Waals surface area contributed by atoms with Gasteiger partial charge in [0.2, 0.25) is 0 Å². The summed E-state index contributed by atoms with van der Waals surface area (Å²) < 4.78 is 0.957. The lowest BCUT2D eigenvalue weighted by Gasteiger charge is -2.06. The second kappa shape index (κ2) is 4.54. The van der Waals surface area contributed by atoms with Crippen LogP contribution in [0, 0.1) is 11.3 Å². The van der Waals surface area contributed by atoms with Gasteiger partial charge < -0.3 is 5.73 Å². The van der Waals surface area contributed by atoms with Gasteiger partial charge in [0, 0.05) is 15.1 Å². The monoisotopic (exact) mass is 256 g/mol. The maximum absolute atomic E-state index is 8.62. The average molecular weight is 257 g/mol. The Morgan fingerprint density at radius 2 is 2.31 bits per heavy atom. The van der Waals surface area contributed by atoms with Crippen molar-refractivity contribution in [3.05, 3.63) is 22.7 Å². The van der Waals surface area contributed by atoms with E-state index in [4.69, 9.17) is 11.0 Å². The molecule has 0 saturated carbocycles. The highest BCUT2D eigenvalue weighted by Gasteiger charge is 2.05. The van der Waals surface area contributed by atoms with Crippen LogP contribution in [0.5, 0.6) is 0 Å². The molecule has 0 heterocycles. The van der Waals surface area contributed by atoms with Crippen molar-refractivity contribution in [1.29, 1.82) is 5.26 Å². The maximum atomic E-state index is 8.62. The Labute approximate surface area is 90.2 Å². The van der Waals surface area contributed by atoms with Gasteiger partial charge in [0.25, 0.3) is 0 Å². The van der Waals surface area contributed by atoms with Crippen LogP contribution in [-0.2, 0) is 0 Å². The summed E-state index contributed by atoms with van der Waals surface area (Å²) in [4.78, 5) is 0.956. The molecule has 13 heavy (non-hydrogen) atoms. The summed E-state index contributed by atoms with van der Waals surface area (Å²) in [5.74, 6) is 0. The number of nitrogens with zero attached hydrogens (tertiary/aromatic N) is 1. The Morgan fingerprint density at radius 1 is 1.62 bits per heavy atom. The molecule has 1 aromatic carbocycles. The van der Waals surface area contributed by atoms with Crippen LogP contribution in [0.2, 0.25) is 0 Å². The van der Waals surface area contributed by atoms with Crippen molar-refractivity contribution in [2.45, 2.75) is 17.1 Å². The molecule has 0 saturated heterocycles. The van der Waals surface area contributed by atoms with Crippen LogP contribution >= 0.6 is 27.7 Å². The number of hydrogen-bond donors (Lipinski definition) is 1. The standard InChI is InChI=1S/C9H9BrN2S/c1-6(5-11)13-9-3-2-7(10)4-8(9)12/h2-4,6H,12H2,1H3. The highest BCUT2D eigenvalue weighted by Crippen LogP contribution is 2.30. The van der Waals surface area contributed by atoms with Gasteiger partial charge in [-0.05, 0) is 25.1 Å². The third-order valence-electron chi connectivity index (χ3n) is 1.46. The topological polar surface area (TPSA) is 49.8 Å². The van der Waals surface area contributed by atoms with E-state index in [0.29, 0.717) is 5.69 Å². The first-order valence-electron chi connectivity index (χ1n) is 3.75. The molecule has 2 N–H and O–H groups in total. The van der Waals surface area contributed by atoms with Gasteiger partial charge in [0.15, 0.2) is 0 Å². The molecule has 0 bridgehead atoms. The van der Waals surface area contributed by atoms with Crippen LogP contribution < -0.4 is 5.73 Å². The number of nitriles is 1. The Kier molecular flexibility index (Phi) is 3.64. The Hall–Kier alpha value is -0.660. The van der Waals surface area contributed by atoms with E-state index in [1.165, 1.54) is 11.8 Å². The van der Waals surface area contributed by atoms with E-state index in [9.17, 15) is 0 Å². The van der Waals surface area contributed by atoms with E-state index in [2.05, 4.69) is 22.0 Å². The zero-order chi connectivity index (χ0) is 9.84. The summed E-state index contributed by atoms with van der Waals surface area (Å²) in [6.45, 7) is 1.85. The molecule has 0 aromatic heterocycles. The van der Waals surface area contributed by atoms with Crippen molar-refractivity contribution >= 4 is 33.4 Å². The molecule has 1 atom stereocenters. The molecule has 1 rings (SSSR count). The fraction of sp³-hybridized carbons (Fsp3) is 0.222. The van der Waals surface area contributed by atoms with E-state index >= 15 is 0 Å². The Bertz CT molecular complexity index is 346. The van der Waals surface area contributed by atoms with Crippen LogP contribution in [0.25, 0.3) is 0 Å². The van der Waals surface area contributed by atoms with Gasteiger partial charge in [-0.3, -0.25) is 0 Å². The molecule has 0 radical (unpaired) electrons. The molecule has 0 aliphatic rings. The molecular weight excluding hydrogens is 248 g/mol. The fourth-order valence-electron chi connectivity index (χ4n) is 0.843. The van der Waals surface area contributed by atoms with Gasteiger partial charge in [-0.2, -0.15) is 5.26 Å². The highest BCUT2D eigenvalue weighted by atomic mass is 79.9. The average Bonchev–Trinajstić information content (AvgIpc) is 2.09. The Balaban J connectivity index is 2.85. The molecule has 1 aromatic rings. The SMILES string of the molecule is CC(C#N)Sc1ccc(Br)cc1N. The predicted molar refractivity (Wildman–Crippen MR) is 59.5 cm³/mol. The summed E-state index contributed by atoms with van der Waals surface area (Å²) >= 11 is 4.80. The van der Waals surface area contributed by atoms with Crippen molar-refractivity contribution in [2.75, 3.05) is 5.73 Å². The van der Waals surface area contributed by atoms with Crippen LogP contribution in [0.3, 0.4) is 0 Å². The van der Waals surface area contributed by atoms with Gasteiger partial charge >= 0.3 is 0 Å². The largest absolute Gasteiger partial charge is 0.398 e. The number of thioether (sulfide) groups is 1. The minimum Gasteiger partial charge on any atom is -0.398 e. The van der Waals surface area contributed by atoms with Crippen molar-refractivity contribution in [3.8, 4) is 6.07 Å². The second-order valence-corrected chi connectivity index (χ2v) is 4.87. The molecule has 0 aliphatic carbocycles.